The van der Waals surface area contributed by atoms with Crippen LogP contribution in [0.4, 0.5) is 10.1 Å². The first-order valence-corrected chi connectivity index (χ1v) is 8.87. The zero-order chi connectivity index (χ0) is 19.6. The molecule has 27 heavy (non-hydrogen) atoms. The van der Waals surface area contributed by atoms with Crippen molar-refractivity contribution in [1.29, 1.82) is 0 Å². The molecule has 3 N–H and O–H groups in total. The molecule has 0 saturated heterocycles. The van der Waals surface area contributed by atoms with E-state index >= 15 is 0 Å². The number of hydrogen-bond donors (Lipinski definition) is 3. The zero-order valence-electron chi connectivity index (χ0n) is 14.6. The van der Waals surface area contributed by atoms with E-state index in [9.17, 15) is 9.18 Å². The van der Waals surface area contributed by atoms with Crippen molar-refractivity contribution in [1.82, 2.24) is 10.6 Å². The van der Waals surface area contributed by atoms with E-state index in [-0.39, 0.29) is 15.7 Å². The zero-order valence-corrected chi connectivity index (χ0v) is 16.2. The maximum atomic E-state index is 14.5. The number of benzene rings is 2. The van der Waals surface area contributed by atoms with Gasteiger partial charge in [-0.1, -0.05) is 17.7 Å². The molecule has 1 aliphatic heterocycles. The standard InChI is InChI=1S/C19H17ClFN3O2S/c1-10-15(18(25)23-11-6-8-12(26-2)9-7-11)17(24-19(27)22-10)16-13(20)4-3-5-14(16)21/h3-9,17H,1-2H3,(H,23,25)(H2,22,24,27). The molecule has 0 saturated carbocycles. The van der Waals surface area contributed by atoms with Crippen molar-refractivity contribution in [2.45, 2.75) is 13.0 Å². The number of amides is 1. The number of hydrogen-bond acceptors (Lipinski definition) is 3. The van der Waals surface area contributed by atoms with E-state index < -0.39 is 17.8 Å². The predicted molar refractivity (Wildman–Crippen MR) is 107 cm³/mol. The minimum absolute atomic E-state index is 0.169. The summed E-state index contributed by atoms with van der Waals surface area (Å²) >= 11 is 11.4. The van der Waals surface area contributed by atoms with Gasteiger partial charge in [0.25, 0.3) is 5.91 Å². The van der Waals surface area contributed by atoms with Crippen molar-refractivity contribution in [3.63, 3.8) is 0 Å². The van der Waals surface area contributed by atoms with E-state index in [0.717, 1.165) is 0 Å². The molecular formula is C19H17ClFN3O2S. The molecule has 3 rings (SSSR count). The SMILES string of the molecule is COc1ccc(NC(=O)C2=C(C)NC(=S)NC2c2c(F)cccc2Cl)cc1. The van der Waals surface area contributed by atoms with Gasteiger partial charge in [-0.15, -0.1) is 0 Å². The summed E-state index contributed by atoms with van der Waals surface area (Å²) in [5.41, 5.74) is 1.57. The van der Waals surface area contributed by atoms with E-state index in [1.807, 2.05) is 0 Å². The van der Waals surface area contributed by atoms with E-state index in [1.54, 1.807) is 44.4 Å². The molecule has 5 nitrogen and oxygen atoms in total. The van der Waals surface area contributed by atoms with Crippen LogP contribution in [0.5, 0.6) is 5.75 Å². The summed E-state index contributed by atoms with van der Waals surface area (Å²) in [7, 11) is 1.56. The Hall–Kier alpha value is -2.64. The highest BCUT2D eigenvalue weighted by Crippen LogP contribution is 2.34. The lowest BCUT2D eigenvalue weighted by molar-refractivity contribution is -0.113. The number of rotatable bonds is 4. The summed E-state index contributed by atoms with van der Waals surface area (Å²) in [4.78, 5) is 13.0. The number of thiocarbonyl (C=S) groups is 1. The van der Waals surface area contributed by atoms with Crippen molar-refractivity contribution in [3.8, 4) is 5.75 Å². The molecule has 0 radical (unpaired) electrons. The summed E-state index contributed by atoms with van der Waals surface area (Å²) in [6.07, 6.45) is 0. The fourth-order valence-electron chi connectivity index (χ4n) is 2.87. The highest BCUT2D eigenvalue weighted by molar-refractivity contribution is 7.80. The van der Waals surface area contributed by atoms with Crippen molar-refractivity contribution in [2.75, 3.05) is 12.4 Å². The van der Waals surface area contributed by atoms with Crippen molar-refractivity contribution >= 4 is 40.5 Å². The molecule has 0 aliphatic carbocycles. The molecule has 1 aliphatic rings. The molecular weight excluding hydrogens is 389 g/mol. The third kappa shape index (κ3) is 4.04. The van der Waals surface area contributed by atoms with E-state index in [0.29, 0.717) is 22.7 Å². The first-order valence-electron chi connectivity index (χ1n) is 8.08. The maximum Gasteiger partial charge on any atom is 0.255 e. The Balaban J connectivity index is 1.97. The fourth-order valence-corrected chi connectivity index (χ4v) is 3.41. The number of carbonyl (C=O) groups excluding carboxylic acids is 1. The van der Waals surface area contributed by atoms with Crippen LogP contribution in [0.1, 0.15) is 18.5 Å². The van der Waals surface area contributed by atoms with Crippen molar-refractivity contribution in [3.05, 3.63) is 70.1 Å². The first-order chi connectivity index (χ1) is 12.9. The highest BCUT2D eigenvalue weighted by atomic mass is 35.5. The van der Waals surface area contributed by atoms with Crippen molar-refractivity contribution < 1.29 is 13.9 Å². The molecule has 1 atom stereocenters. The van der Waals surface area contributed by atoms with Crippen molar-refractivity contribution in [2.24, 2.45) is 0 Å². The number of ether oxygens (including phenoxy) is 1. The average molecular weight is 406 g/mol. The normalized spacial score (nSPS) is 16.4. The monoisotopic (exact) mass is 405 g/mol. The van der Waals surface area contributed by atoms with Gasteiger partial charge in [0.1, 0.15) is 11.6 Å². The lowest BCUT2D eigenvalue weighted by atomic mass is 9.94. The average Bonchev–Trinajstić information content (AvgIpc) is 2.61. The Morgan fingerprint density at radius 1 is 1.26 bits per heavy atom. The molecule has 1 amide bonds. The highest BCUT2D eigenvalue weighted by Gasteiger charge is 2.33. The first kappa shape index (κ1) is 19.1. The maximum absolute atomic E-state index is 14.5. The van der Waals surface area contributed by atoms with Crippen LogP contribution < -0.4 is 20.7 Å². The molecule has 8 heteroatoms. The lowest BCUT2D eigenvalue weighted by Gasteiger charge is -2.31. The number of methoxy groups -OCH3 is 1. The minimum Gasteiger partial charge on any atom is -0.497 e. The summed E-state index contributed by atoms with van der Waals surface area (Å²) in [5.74, 6) is -0.248. The van der Waals surface area contributed by atoms with Crippen LogP contribution in [0.3, 0.4) is 0 Å². The Labute approximate surface area is 166 Å². The molecule has 2 aromatic rings. The molecule has 140 valence electrons. The van der Waals surface area contributed by atoms with Gasteiger partial charge in [0, 0.05) is 22.0 Å². The van der Waals surface area contributed by atoms with Gasteiger partial charge in [-0.05, 0) is 55.5 Å². The van der Waals surface area contributed by atoms with Crippen LogP contribution in [0.25, 0.3) is 0 Å². The van der Waals surface area contributed by atoms with Gasteiger partial charge in [-0.2, -0.15) is 0 Å². The van der Waals surface area contributed by atoms with Crippen LogP contribution in [0, 0.1) is 5.82 Å². The molecule has 0 aromatic heterocycles. The Bertz CT molecular complexity index is 911. The molecule has 0 spiro atoms. The Kier molecular flexibility index (Phi) is 5.62. The van der Waals surface area contributed by atoms with Gasteiger partial charge in [0.05, 0.1) is 18.7 Å². The molecule has 0 fully saturated rings. The second-order valence-electron chi connectivity index (χ2n) is 5.89. The molecule has 1 heterocycles. The van der Waals surface area contributed by atoms with Gasteiger partial charge in [-0.3, -0.25) is 4.79 Å². The number of nitrogens with one attached hydrogen (secondary N) is 3. The lowest BCUT2D eigenvalue weighted by Crippen LogP contribution is -2.46. The topological polar surface area (TPSA) is 62.4 Å². The van der Waals surface area contributed by atoms with Crippen LogP contribution >= 0.6 is 23.8 Å². The quantitative estimate of drug-likeness (QED) is 0.673. The van der Waals surface area contributed by atoms with Crippen LogP contribution in [-0.4, -0.2) is 18.1 Å². The summed E-state index contributed by atoms with van der Waals surface area (Å²) in [5, 5.41) is 9.15. The van der Waals surface area contributed by atoms with Crippen LogP contribution in [0.15, 0.2) is 53.7 Å². The second kappa shape index (κ2) is 7.94. The third-order valence-electron chi connectivity index (χ3n) is 4.15. The third-order valence-corrected chi connectivity index (χ3v) is 4.70. The smallest absolute Gasteiger partial charge is 0.255 e. The number of anilines is 1. The van der Waals surface area contributed by atoms with Gasteiger partial charge in [-0.25, -0.2) is 4.39 Å². The Morgan fingerprint density at radius 2 is 1.96 bits per heavy atom. The summed E-state index contributed by atoms with van der Waals surface area (Å²) < 4.78 is 19.6. The number of halogens is 2. The minimum atomic E-state index is -0.814. The van der Waals surface area contributed by atoms with E-state index in [1.165, 1.54) is 12.1 Å². The fraction of sp³-hybridized carbons (Fsp3) is 0.158. The van der Waals surface area contributed by atoms with Gasteiger partial charge < -0.3 is 20.7 Å². The Morgan fingerprint density at radius 3 is 2.59 bits per heavy atom. The summed E-state index contributed by atoms with van der Waals surface area (Å²) in [6, 6.07) is 10.4. The molecule has 2 aromatic carbocycles. The summed E-state index contributed by atoms with van der Waals surface area (Å²) in [6.45, 7) is 1.71. The van der Waals surface area contributed by atoms with E-state index in [4.69, 9.17) is 28.6 Å². The number of allylic oxidation sites excluding steroid dienone is 1. The largest absolute Gasteiger partial charge is 0.497 e. The molecule has 0 bridgehead atoms. The van der Waals surface area contributed by atoms with Gasteiger partial charge >= 0.3 is 0 Å². The van der Waals surface area contributed by atoms with Gasteiger partial charge in [0.15, 0.2) is 5.11 Å². The second-order valence-corrected chi connectivity index (χ2v) is 6.70. The number of carbonyl (C=O) groups is 1. The van der Waals surface area contributed by atoms with Crippen LogP contribution in [-0.2, 0) is 4.79 Å². The van der Waals surface area contributed by atoms with Gasteiger partial charge in [0.2, 0.25) is 0 Å². The van der Waals surface area contributed by atoms with E-state index in [2.05, 4.69) is 16.0 Å². The van der Waals surface area contributed by atoms with Crippen LogP contribution in [0.2, 0.25) is 5.02 Å². The predicted octanol–water partition coefficient (Wildman–Crippen LogP) is 3.92. The molecule has 1 unspecified atom stereocenters.